The number of hydrogen-bond donors (Lipinski definition) is 0. The second kappa shape index (κ2) is 4.77. The van der Waals surface area contributed by atoms with Crippen molar-refractivity contribution in [3.8, 4) is 11.5 Å². The summed E-state index contributed by atoms with van der Waals surface area (Å²) >= 11 is 0. The molecule has 2 aliphatic rings. The number of benzene rings is 2. The Kier molecular flexibility index (Phi) is 2.86. The van der Waals surface area contributed by atoms with Gasteiger partial charge < -0.3 is 14.4 Å². The van der Waals surface area contributed by atoms with Gasteiger partial charge >= 0.3 is 0 Å². The van der Waals surface area contributed by atoms with E-state index in [0.717, 1.165) is 35.4 Å². The number of fused-ring (bicyclic) bond motifs is 5. The van der Waals surface area contributed by atoms with E-state index in [9.17, 15) is 4.79 Å². The van der Waals surface area contributed by atoms with Crippen LogP contribution in [0.15, 0.2) is 36.4 Å². The Morgan fingerprint density at radius 3 is 2.55 bits per heavy atom. The van der Waals surface area contributed by atoms with Crippen LogP contribution in [-0.4, -0.2) is 31.6 Å². The summed E-state index contributed by atoms with van der Waals surface area (Å²) in [7, 11) is 3.28. The summed E-state index contributed by atoms with van der Waals surface area (Å²) in [6.07, 6.45) is 0.839. The van der Waals surface area contributed by atoms with Crippen LogP contribution in [0.25, 0.3) is 0 Å². The lowest BCUT2D eigenvalue weighted by Crippen LogP contribution is -2.35. The Bertz CT molecular complexity index is 769. The average molecular weight is 295 g/mol. The van der Waals surface area contributed by atoms with E-state index in [2.05, 4.69) is 0 Å². The first-order valence-corrected chi connectivity index (χ1v) is 7.39. The summed E-state index contributed by atoms with van der Waals surface area (Å²) in [5.41, 5.74) is 4.27. The van der Waals surface area contributed by atoms with Gasteiger partial charge in [-0.05, 0) is 41.3 Å². The molecule has 112 valence electrons. The molecule has 4 rings (SSSR count). The van der Waals surface area contributed by atoms with E-state index >= 15 is 0 Å². The van der Waals surface area contributed by atoms with Gasteiger partial charge in [0.05, 0.1) is 20.3 Å². The topological polar surface area (TPSA) is 38.8 Å². The van der Waals surface area contributed by atoms with Gasteiger partial charge in [-0.2, -0.15) is 0 Å². The largest absolute Gasteiger partial charge is 0.493 e. The molecule has 2 aromatic carbocycles. The number of amides is 1. The molecule has 0 unspecified atom stereocenters. The fourth-order valence-corrected chi connectivity index (χ4v) is 3.58. The maximum absolute atomic E-state index is 12.6. The van der Waals surface area contributed by atoms with E-state index in [0.29, 0.717) is 5.75 Å². The molecule has 4 nitrogen and oxygen atoms in total. The number of ether oxygens (including phenoxy) is 2. The second-order valence-corrected chi connectivity index (χ2v) is 5.64. The summed E-state index contributed by atoms with van der Waals surface area (Å²) in [5, 5.41) is 0. The zero-order valence-corrected chi connectivity index (χ0v) is 12.6. The molecule has 2 heterocycles. The van der Waals surface area contributed by atoms with Crippen LogP contribution in [0.5, 0.6) is 11.5 Å². The minimum atomic E-state index is -0.00717. The van der Waals surface area contributed by atoms with Crippen LogP contribution in [0.4, 0.5) is 0 Å². The van der Waals surface area contributed by atoms with Crippen molar-refractivity contribution in [2.24, 2.45) is 0 Å². The molecular formula is C18H17NO3. The summed E-state index contributed by atoms with van der Waals surface area (Å²) in [5.74, 6) is 1.58. The summed E-state index contributed by atoms with van der Waals surface area (Å²) in [6.45, 7) is 0.737. The predicted octanol–water partition coefficient (Wildman–Crippen LogP) is 2.81. The van der Waals surface area contributed by atoms with Crippen molar-refractivity contribution < 1.29 is 14.3 Å². The van der Waals surface area contributed by atoms with Gasteiger partial charge in [-0.15, -0.1) is 0 Å². The van der Waals surface area contributed by atoms with Crippen molar-refractivity contribution in [2.45, 2.75) is 12.5 Å². The molecule has 0 N–H and O–H groups in total. The molecule has 22 heavy (non-hydrogen) atoms. The zero-order valence-electron chi connectivity index (χ0n) is 12.6. The molecule has 1 amide bonds. The highest BCUT2D eigenvalue weighted by Crippen LogP contribution is 2.45. The number of methoxy groups -OCH3 is 2. The first kappa shape index (κ1) is 13.2. The van der Waals surface area contributed by atoms with E-state index in [1.165, 1.54) is 5.56 Å². The van der Waals surface area contributed by atoms with E-state index in [1.54, 1.807) is 14.2 Å². The lowest BCUT2D eigenvalue weighted by Gasteiger charge is -2.33. The molecule has 2 aromatic rings. The van der Waals surface area contributed by atoms with Crippen LogP contribution in [0.1, 0.15) is 33.1 Å². The highest BCUT2D eigenvalue weighted by atomic mass is 16.5. The van der Waals surface area contributed by atoms with E-state index in [1.807, 2.05) is 41.3 Å². The number of hydrogen-bond acceptors (Lipinski definition) is 3. The monoisotopic (exact) mass is 295 g/mol. The molecule has 0 saturated carbocycles. The molecule has 0 radical (unpaired) electrons. The molecule has 1 atom stereocenters. The molecular weight excluding hydrogens is 278 g/mol. The van der Waals surface area contributed by atoms with Crippen molar-refractivity contribution in [3.05, 3.63) is 58.7 Å². The minimum absolute atomic E-state index is 0.00717. The van der Waals surface area contributed by atoms with Crippen LogP contribution in [0.3, 0.4) is 0 Å². The van der Waals surface area contributed by atoms with Crippen molar-refractivity contribution in [1.82, 2.24) is 4.90 Å². The Morgan fingerprint density at radius 2 is 1.77 bits per heavy atom. The van der Waals surface area contributed by atoms with Gasteiger partial charge in [0.25, 0.3) is 5.91 Å². The van der Waals surface area contributed by atoms with Crippen LogP contribution in [0.2, 0.25) is 0 Å². The molecule has 0 bridgehead atoms. The van der Waals surface area contributed by atoms with Crippen molar-refractivity contribution in [1.29, 1.82) is 0 Å². The summed E-state index contributed by atoms with van der Waals surface area (Å²) in [4.78, 5) is 14.5. The molecule has 2 aliphatic heterocycles. The van der Waals surface area contributed by atoms with Crippen LogP contribution >= 0.6 is 0 Å². The standard InChI is InChI=1S/C18H17NO3/c1-21-15-9-11-7-8-19-17(14(11)10-16(15)22-2)12-5-3-4-6-13(12)18(19)20/h3-6,9-10,17H,7-8H2,1-2H3/t17-/m1/s1. The van der Waals surface area contributed by atoms with E-state index < -0.39 is 0 Å². The van der Waals surface area contributed by atoms with Gasteiger partial charge in [0.1, 0.15) is 0 Å². The van der Waals surface area contributed by atoms with Crippen LogP contribution in [0, 0.1) is 0 Å². The summed E-state index contributed by atoms with van der Waals surface area (Å²) < 4.78 is 10.8. The second-order valence-electron chi connectivity index (χ2n) is 5.64. The zero-order chi connectivity index (χ0) is 15.3. The normalized spacial score (nSPS) is 18.5. The van der Waals surface area contributed by atoms with Gasteiger partial charge in [0.15, 0.2) is 11.5 Å². The van der Waals surface area contributed by atoms with E-state index in [-0.39, 0.29) is 11.9 Å². The van der Waals surface area contributed by atoms with Gasteiger partial charge in [-0.3, -0.25) is 4.79 Å². The first-order valence-electron chi connectivity index (χ1n) is 7.39. The molecule has 0 aromatic heterocycles. The molecule has 0 saturated heterocycles. The Labute approximate surface area is 129 Å². The highest BCUT2D eigenvalue weighted by molar-refractivity contribution is 6.00. The first-order chi connectivity index (χ1) is 10.7. The lowest BCUT2D eigenvalue weighted by molar-refractivity contribution is 0.0740. The number of rotatable bonds is 2. The summed E-state index contributed by atoms with van der Waals surface area (Å²) in [6, 6.07) is 11.9. The van der Waals surface area contributed by atoms with E-state index in [4.69, 9.17) is 9.47 Å². The molecule has 0 fully saturated rings. The average Bonchev–Trinajstić information content (AvgIpc) is 2.87. The Balaban J connectivity index is 1.92. The van der Waals surface area contributed by atoms with Gasteiger partial charge in [-0.1, -0.05) is 18.2 Å². The minimum Gasteiger partial charge on any atom is -0.493 e. The highest BCUT2D eigenvalue weighted by Gasteiger charge is 2.40. The molecule has 0 aliphatic carbocycles. The SMILES string of the molecule is COc1cc2c(cc1OC)[C@H]1c3ccccc3C(=O)N1CC2. The maximum atomic E-state index is 12.6. The third-order valence-electron chi connectivity index (χ3n) is 4.62. The smallest absolute Gasteiger partial charge is 0.255 e. The molecule has 4 heteroatoms. The van der Waals surface area contributed by atoms with Crippen molar-refractivity contribution >= 4 is 5.91 Å². The predicted molar refractivity (Wildman–Crippen MR) is 82.6 cm³/mol. The quantitative estimate of drug-likeness (QED) is 0.855. The fraction of sp³-hybridized carbons (Fsp3) is 0.278. The van der Waals surface area contributed by atoms with Crippen molar-refractivity contribution in [2.75, 3.05) is 20.8 Å². The van der Waals surface area contributed by atoms with Crippen LogP contribution in [-0.2, 0) is 6.42 Å². The third-order valence-corrected chi connectivity index (χ3v) is 4.62. The fourth-order valence-electron chi connectivity index (χ4n) is 3.58. The Hall–Kier alpha value is -2.49. The lowest BCUT2D eigenvalue weighted by atomic mass is 9.89. The van der Waals surface area contributed by atoms with Crippen LogP contribution < -0.4 is 9.47 Å². The molecule has 0 spiro atoms. The van der Waals surface area contributed by atoms with Gasteiger partial charge in [0, 0.05) is 12.1 Å². The van der Waals surface area contributed by atoms with Gasteiger partial charge in [-0.25, -0.2) is 0 Å². The maximum Gasteiger partial charge on any atom is 0.255 e. The third kappa shape index (κ3) is 1.67. The number of carbonyl (C=O) groups is 1. The van der Waals surface area contributed by atoms with Crippen molar-refractivity contribution in [3.63, 3.8) is 0 Å². The number of carbonyl (C=O) groups excluding carboxylic acids is 1. The Morgan fingerprint density at radius 1 is 1.05 bits per heavy atom. The van der Waals surface area contributed by atoms with Gasteiger partial charge in [0.2, 0.25) is 0 Å². The number of nitrogens with zero attached hydrogens (tertiary/aromatic N) is 1.